The number of aromatic nitrogens is 2. The van der Waals surface area contributed by atoms with Gasteiger partial charge in [-0.2, -0.15) is 0 Å². The van der Waals surface area contributed by atoms with Crippen LogP contribution in [0.25, 0.3) is 11.4 Å². The molecule has 1 atom stereocenters. The van der Waals surface area contributed by atoms with Crippen LogP contribution in [0.15, 0.2) is 78.6 Å². The zero-order valence-corrected chi connectivity index (χ0v) is 20.1. The molecule has 0 radical (unpaired) electrons. The fraction of sp³-hybridized carbons (Fsp3) is 0.310. The normalized spacial score (nSPS) is 14.6. The molecule has 1 unspecified atom stereocenters. The van der Waals surface area contributed by atoms with Crippen molar-refractivity contribution in [3.8, 4) is 11.4 Å². The van der Waals surface area contributed by atoms with Gasteiger partial charge in [-0.25, -0.2) is 4.98 Å². The van der Waals surface area contributed by atoms with E-state index < -0.39 is 0 Å². The van der Waals surface area contributed by atoms with Gasteiger partial charge in [0.1, 0.15) is 5.82 Å². The smallest absolute Gasteiger partial charge is 0.256 e. The SMILES string of the molecule is C=CC=C.CCCCC1CN(c2ccc(C)cc2)Cc2c1nc(-c1ccc(C)cc1)[nH]c2=O. The van der Waals surface area contributed by atoms with Crippen molar-refractivity contribution in [1.82, 2.24) is 9.97 Å². The maximum atomic E-state index is 13.1. The van der Waals surface area contributed by atoms with Gasteiger partial charge in [-0.1, -0.05) is 92.6 Å². The Balaban J connectivity index is 0.000000709. The number of unbranched alkanes of at least 4 members (excludes halogenated alkanes) is 1. The van der Waals surface area contributed by atoms with Crippen LogP contribution in [0.4, 0.5) is 5.69 Å². The van der Waals surface area contributed by atoms with Crippen molar-refractivity contribution in [1.29, 1.82) is 0 Å². The number of allylic oxidation sites excluding steroid dienone is 2. The molecule has 1 aliphatic rings. The lowest BCUT2D eigenvalue weighted by atomic mass is 9.90. The van der Waals surface area contributed by atoms with Crippen LogP contribution in [0.2, 0.25) is 0 Å². The molecule has 2 heterocycles. The standard InChI is InChI=1S/C25H29N3O.C4H6/c1-4-5-6-20-15-28(21-13-9-18(3)10-14-21)16-22-23(20)26-24(27-25(22)29)19-11-7-17(2)8-12-19;1-3-4-2/h7-14,20H,4-6,15-16H2,1-3H3,(H,26,27,29);3-4H,1-2H2. The number of anilines is 1. The molecule has 0 bridgehead atoms. The first kappa shape index (κ1) is 24.2. The van der Waals surface area contributed by atoms with E-state index in [0.717, 1.165) is 42.6 Å². The predicted octanol–water partition coefficient (Wildman–Crippen LogP) is 6.71. The van der Waals surface area contributed by atoms with Gasteiger partial charge < -0.3 is 9.88 Å². The highest BCUT2D eigenvalue weighted by molar-refractivity contribution is 5.57. The third-order valence-corrected chi connectivity index (χ3v) is 6.02. The molecule has 1 aliphatic heterocycles. The summed E-state index contributed by atoms with van der Waals surface area (Å²) in [5.41, 5.74) is 6.37. The van der Waals surface area contributed by atoms with Gasteiger partial charge in [-0.15, -0.1) is 0 Å². The van der Waals surface area contributed by atoms with E-state index >= 15 is 0 Å². The van der Waals surface area contributed by atoms with Gasteiger partial charge >= 0.3 is 0 Å². The topological polar surface area (TPSA) is 49.0 Å². The lowest BCUT2D eigenvalue weighted by molar-refractivity contribution is 0.522. The average molecular weight is 442 g/mol. The molecule has 3 aromatic rings. The first-order valence-corrected chi connectivity index (χ1v) is 11.7. The zero-order chi connectivity index (χ0) is 23.8. The quantitative estimate of drug-likeness (QED) is 0.433. The molecule has 1 N–H and O–H groups in total. The average Bonchev–Trinajstić information content (AvgIpc) is 2.83. The summed E-state index contributed by atoms with van der Waals surface area (Å²) in [5.74, 6) is 0.950. The molecule has 172 valence electrons. The van der Waals surface area contributed by atoms with E-state index in [1.54, 1.807) is 12.2 Å². The maximum Gasteiger partial charge on any atom is 0.256 e. The molecular formula is C29H35N3O. The first-order chi connectivity index (χ1) is 16.0. The van der Waals surface area contributed by atoms with Crippen LogP contribution in [0.1, 0.15) is 54.5 Å². The van der Waals surface area contributed by atoms with Gasteiger partial charge in [0.25, 0.3) is 5.56 Å². The number of hydrogen-bond donors (Lipinski definition) is 1. The van der Waals surface area contributed by atoms with Crippen LogP contribution in [0.3, 0.4) is 0 Å². The predicted molar refractivity (Wildman–Crippen MR) is 140 cm³/mol. The minimum atomic E-state index is -0.0103. The zero-order valence-electron chi connectivity index (χ0n) is 20.1. The van der Waals surface area contributed by atoms with Crippen molar-refractivity contribution in [3.63, 3.8) is 0 Å². The number of aromatic amines is 1. The molecule has 1 aromatic heterocycles. The molecule has 0 saturated heterocycles. The summed E-state index contributed by atoms with van der Waals surface area (Å²) in [5, 5.41) is 0. The van der Waals surface area contributed by atoms with E-state index in [-0.39, 0.29) is 11.5 Å². The fourth-order valence-electron chi connectivity index (χ4n) is 4.09. The highest BCUT2D eigenvalue weighted by atomic mass is 16.1. The van der Waals surface area contributed by atoms with Gasteiger partial charge in [-0.05, 0) is 32.4 Å². The van der Waals surface area contributed by atoms with E-state index in [0.29, 0.717) is 12.4 Å². The lowest BCUT2D eigenvalue weighted by Gasteiger charge is -2.35. The summed E-state index contributed by atoms with van der Waals surface area (Å²) in [6.07, 6.45) is 6.61. The maximum absolute atomic E-state index is 13.1. The Morgan fingerprint density at radius 2 is 1.64 bits per heavy atom. The number of benzene rings is 2. The molecule has 0 spiro atoms. The van der Waals surface area contributed by atoms with Gasteiger partial charge in [0.15, 0.2) is 0 Å². The number of rotatable bonds is 6. The number of fused-ring (bicyclic) bond motifs is 1. The summed E-state index contributed by atoms with van der Waals surface area (Å²) in [6.45, 7) is 14.6. The summed E-state index contributed by atoms with van der Waals surface area (Å²) < 4.78 is 0. The molecule has 0 aliphatic carbocycles. The summed E-state index contributed by atoms with van der Waals surface area (Å²) in [6, 6.07) is 16.7. The third kappa shape index (κ3) is 6.10. The Morgan fingerprint density at radius 1 is 1.03 bits per heavy atom. The van der Waals surface area contributed by atoms with Crippen molar-refractivity contribution in [2.75, 3.05) is 11.4 Å². The number of hydrogen-bond acceptors (Lipinski definition) is 3. The minimum absolute atomic E-state index is 0.0103. The molecule has 4 heteroatoms. The van der Waals surface area contributed by atoms with Crippen LogP contribution < -0.4 is 10.5 Å². The molecule has 0 amide bonds. The molecule has 4 nitrogen and oxygen atoms in total. The van der Waals surface area contributed by atoms with Crippen molar-refractivity contribution in [3.05, 3.63) is 107 Å². The van der Waals surface area contributed by atoms with Gasteiger partial charge in [0.2, 0.25) is 0 Å². The van der Waals surface area contributed by atoms with Gasteiger partial charge in [0.05, 0.1) is 17.8 Å². The highest BCUT2D eigenvalue weighted by Crippen LogP contribution is 2.33. The second kappa shape index (κ2) is 11.5. The van der Waals surface area contributed by atoms with Crippen LogP contribution in [-0.4, -0.2) is 16.5 Å². The second-order valence-electron chi connectivity index (χ2n) is 8.67. The molecule has 33 heavy (non-hydrogen) atoms. The van der Waals surface area contributed by atoms with Crippen LogP contribution in [0.5, 0.6) is 0 Å². The Labute approximate surface area is 197 Å². The van der Waals surface area contributed by atoms with Crippen molar-refractivity contribution in [2.24, 2.45) is 0 Å². The van der Waals surface area contributed by atoms with Crippen molar-refractivity contribution >= 4 is 5.69 Å². The molecule has 0 saturated carbocycles. The van der Waals surface area contributed by atoms with Crippen molar-refractivity contribution in [2.45, 2.75) is 52.5 Å². The Bertz CT molecular complexity index is 1120. The molecule has 4 rings (SSSR count). The monoisotopic (exact) mass is 441 g/mol. The second-order valence-corrected chi connectivity index (χ2v) is 8.67. The number of aryl methyl sites for hydroxylation is 2. The summed E-state index contributed by atoms with van der Waals surface area (Å²) >= 11 is 0. The number of H-pyrrole nitrogens is 1. The van der Waals surface area contributed by atoms with E-state index in [4.69, 9.17) is 4.98 Å². The minimum Gasteiger partial charge on any atom is -0.366 e. The molecular weight excluding hydrogens is 406 g/mol. The number of nitrogens with zero attached hydrogens (tertiary/aromatic N) is 2. The van der Waals surface area contributed by atoms with Crippen LogP contribution in [0, 0.1) is 13.8 Å². The number of nitrogens with one attached hydrogen (secondary N) is 1. The van der Waals surface area contributed by atoms with E-state index in [9.17, 15) is 4.79 Å². The Morgan fingerprint density at radius 3 is 2.21 bits per heavy atom. The third-order valence-electron chi connectivity index (χ3n) is 6.02. The first-order valence-electron chi connectivity index (χ1n) is 11.7. The molecule has 2 aromatic carbocycles. The Hall–Kier alpha value is -3.40. The van der Waals surface area contributed by atoms with Gasteiger partial charge in [0, 0.05) is 23.7 Å². The van der Waals surface area contributed by atoms with Crippen LogP contribution in [-0.2, 0) is 6.54 Å². The van der Waals surface area contributed by atoms with Crippen molar-refractivity contribution < 1.29 is 0 Å². The summed E-state index contributed by atoms with van der Waals surface area (Å²) in [4.78, 5) is 23.4. The lowest BCUT2D eigenvalue weighted by Crippen LogP contribution is -2.38. The van der Waals surface area contributed by atoms with E-state index in [1.165, 1.54) is 16.8 Å². The highest BCUT2D eigenvalue weighted by Gasteiger charge is 2.29. The van der Waals surface area contributed by atoms with Crippen LogP contribution >= 0.6 is 0 Å². The molecule has 0 fully saturated rings. The summed E-state index contributed by atoms with van der Waals surface area (Å²) in [7, 11) is 0. The largest absolute Gasteiger partial charge is 0.366 e. The van der Waals surface area contributed by atoms with E-state index in [2.05, 4.69) is 80.2 Å². The van der Waals surface area contributed by atoms with Gasteiger partial charge in [-0.3, -0.25) is 4.79 Å². The Kier molecular flexibility index (Phi) is 8.42. The van der Waals surface area contributed by atoms with E-state index in [1.807, 2.05) is 12.1 Å². The fourth-order valence-corrected chi connectivity index (χ4v) is 4.09.